The largest absolute Gasteiger partial charge is 0.508 e. The van der Waals surface area contributed by atoms with Gasteiger partial charge in [-0.1, -0.05) is 12.1 Å². The van der Waals surface area contributed by atoms with Gasteiger partial charge in [0.05, 0.1) is 0 Å². The molecule has 0 aromatic heterocycles. The van der Waals surface area contributed by atoms with E-state index in [1.54, 1.807) is 12.1 Å². The van der Waals surface area contributed by atoms with Gasteiger partial charge in [-0.25, -0.2) is 0 Å². The minimum absolute atomic E-state index is 0.295. The number of rotatable bonds is 0. The molecule has 0 unspecified atom stereocenters. The molecule has 0 saturated carbocycles. The summed E-state index contributed by atoms with van der Waals surface area (Å²) in [4.78, 5) is 0. The molecule has 3 rings (SSSR count). The molecule has 1 aliphatic rings. The predicted octanol–water partition coefficient (Wildman–Crippen LogP) is 2.95. The Hall–Kier alpha value is -1.96. The molecule has 2 nitrogen and oxygen atoms in total. The minimum atomic E-state index is 0.295. The van der Waals surface area contributed by atoms with Crippen LogP contribution in [0.1, 0.15) is 5.56 Å². The predicted molar refractivity (Wildman–Crippen MR) is 60.1 cm³/mol. The fourth-order valence-corrected chi connectivity index (χ4v) is 1.92. The summed E-state index contributed by atoms with van der Waals surface area (Å²) in [5.41, 5.74) is 1.10. The molecule has 0 fully saturated rings. The molecular weight excluding hydrogens is 188 g/mol. The molecule has 1 heterocycles. The molecule has 0 radical (unpaired) electrons. The number of aromatic hydroxyl groups is 1. The molecule has 0 spiro atoms. The van der Waals surface area contributed by atoms with E-state index in [1.807, 2.05) is 24.3 Å². The van der Waals surface area contributed by atoms with Crippen LogP contribution in [-0.4, -0.2) is 11.7 Å². The maximum absolute atomic E-state index is 9.39. The Labute approximate surface area is 87.4 Å². The van der Waals surface area contributed by atoms with Crippen LogP contribution in [0.5, 0.6) is 11.5 Å². The Balaban J connectivity index is 2.38. The first-order valence-electron chi connectivity index (χ1n) is 4.90. The van der Waals surface area contributed by atoms with Gasteiger partial charge in [0.15, 0.2) is 0 Å². The number of ether oxygens (including phenoxy) is 1. The highest BCUT2D eigenvalue weighted by Crippen LogP contribution is 2.32. The van der Waals surface area contributed by atoms with Crippen molar-refractivity contribution in [3.63, 3.8) is 0 Å². The first-order valence-corrected chi connectivity index (χ1v) is 4.90. The fourth-order valence-electron chi connectivity index (χ4n) is 1.92. The lowest BCUT2D eigenvalue weighted by atomic mass is 10.0. The van der Waals surface area contributed by atoms with Crippen molar-refractivity contribution in [3.8, 4) is 11.5 Å². The summed E-state index contributed by atoms with van der Waals surface area (Å²) in [6.07, 6.45) is 4.06. The number of hydrogen-bond donors (Lipinski definition) is 1. The highest BCUT2D eigenvalue weighted by atomic mass is 16.5. The number of benzene rings is 2. The zero-order valence-electron chi connectivity index (χ0n) is 8.10. The molecule has 15 heavy (non-hydrogen) atoms. The van der Waals surface area contributed by atoms with Crippen molar-refractivity contribution < 1.29 is 9.84 Å². The molecule has 0 bridgehead atoms. The maximum atomic E-state index is 9.39. The quantitative estimate of drug-likeness (QED) is 0.705. The molecule has 1 aliphatic heterocycles. The van der Waals surface area contributed by atoms with E-state index in [9.17, 15) is 5.11 Å². The molecule has 74 valence electrons. The van der Waals surface area contributed by atoms with Crippen LogP contribution in [0.15, 0.2) is 36.4 Å². The van der Waals surface area contributed by atoms with Crippen molar-refractivity contribution in [2.75, 3.05) is 6.61 Å². The Morgan fingerprint density at radius 3 is 3.00 bits per heavy atom. The molecule has 0 amide bonds. The first kappa shape index (κ1) is 8.36. The van der Waals surface area contributed by atoms with E-state index in [-0.39, 0.29) is 0 Å². The summed E-state index contributed by atoms with van der Waals surface area (Å²) < 4.78 is 5.51. The number of fused-ring (bicyclic) bond motifs is 3. The lowest BCUT2D eigenvalue weighted by Crippen LogP contribution is -2.00. The van der Waals surface area contributed by atoms with E-state index in [2.05, 4.69) is 6.08 Å². The van der Waals surface area contributed by atoms with Crippen LogP contribution in [0, 0.1) is 0 Å². The molecule has 2 heteroatoms. The van der Waals surface area contributed by atoms with Crippen LogP contribution in [0.3, 0.4) is 0 Å². The number of hydrogen-bond acceptors (Lipinski definition) is 2. The Kier molecular flexibility index (Phi) is 1.68. The van der Waals surface area contributed by atoms with E-state index in [4.69, 9.17) is 4.74 Å². The van der Waals surface area contributed by atoms with Crippen LogP contribution >= 0.6 is 0 Å². The van der Waals surface area contributed by atoms with Crippen LogP contribution in [0.2, 0.25) is 0 Å². The van der Waals surface area contributed by atoms with Crippen molar-refractivity contribution in [2.24, 2.45) is 0 Å². The molecule has 0 saturated heterocycles. The lowest BCUT2D eigenvalue weighted by Gasteiger charge is -2.14. The van der Waals surface area contributed by atoms with Gasteiger partial charge in [0.25, 0.3) is 0 Å². The van der Waals surface area contributed by atoms with E-state index in [1.165, 1.54) is 0 Å². The standard InChI is InChI=1S/C13H10O2/c14-10-4-5-11-9(8-10)3-6-13-12(11)2-1-7-15-13/h1-6,8,14H,7H2. The van der Waals surface area contributed by atoms with Crippen LogP contribution in [0.4, 0.5) is 0 Å². The zero-order chi connectivity index (χ0) is 10.3. The summed E-state index contributed by atoms with van der Waals surface area (Å²) in [7, 11) is 0. The second-order valence-electron chi connectivity index (χ2n) is 3.60. The van der Waals surface area contributed by atoms with Crippen molar-refractivity contribution in [3.05, 3.63) is 42.0 Å². The Morgan fingerprint density at radius 1 is 1.13 bits per heavy atom. The molecule has 0 aliphatic carbocycles. The van der Waals surface area contributed by atoms with E-state index < -0.39 is 0 Å². The van der Waals surface area contributed by atoms with Crippen molar-refractivity contribution in [2.45, 2.75) is 0 Å². The maximum Gasteiger partial charge on any atom is 0.127 e. The molecule has 0 atom stereocenters. The summed E-state index contributed by atoms with van der Waals surface area (Å²) in [5.74, 6) is 1.21. The Bertz CT molecular complexity index is 556. The van der Waals surface area contributed by atoms with Crippen LogP contribution in [0.25, 0.3) is 16.8 Å². The molecule has 2 aromatic rings. The third kappa shape index (κ3) is 1.26. The van der Waals surface area contributed by atoms with Gasteiger partial charge in [-0.05, 0) is 41.1 Å². The normalized spacial score (nSPS) is 13.6. The smallest absolute Gasteiger partial charge is 0.127 e. The summed E-state index contributed by atoms with van der Waals surface area (Å²) in [6, 6.07) is 9.29. The minimum Gasteiger partial charge on any atom is -0.508 e. The third-order valence-electron chi connectivity index (χ3n) is 2.62. The van der Waals surface area contributed by atoms with Crippen molar-refractivity contribution in [1.82, 2.24) is 0 Å². The SMILES string of the molecule is Oc1ccc2c3c(ccc2c1)OCC=C3. The van der Waals surface area contributed by atoms with Crippen LogP contribution < -0.4 is 4.74 Å². The van der Waals surface area contributed by atoms with Crippen LogP contribution in [-0.2, 0) is 0 Å². The second-order valence-corrected chi connectivity index (χ2v) is 3.60. The number of phenols is 1. The summed E-state index contributed by atoms with van der Waals surface area (Å²) >= 11 is 0. The molecule has 2 aromatic carbocycles. The zero-order valence-corrected chi connectivity index (χ0v) is 8.10. The van der Waals surface area contributed by atoms with Gasteiger partial charge in [-0.15, -0.1) is 0 Å². The fraction of sp³-hybridized carbons (Fsp3) is 0.0769. The average Bonchev–Trinajstić information content (AvgIpc) is 2.28. The highest BCUT2D eigenvalue weighted by molar-refractivity contribution is 5.94. The van der Waals surface area contributed by atoms with Gasteiger partial charge in [-0.2, -0.15) is 0 Å². The van der Waals surface area contributed by atoms with E-state index >= 15 is 0 Å². The second kappa shape index (κ2) is 3.02. The topological polar surface area (TPSA) is 29.5 Å². The van der Waals surface area contributed by atoms with E-state index in [0.29, 0.717) is 12.4 Å². The van der Waals surface area contributed by atoms with Gasteiger partial charge < -0.3 is 9.84 Å². The monoisotopic (exact) mass is 198 g/mol. The third-order valence-corrected chi connectivity index (χ3v) is 2.62. The van der Waals surface area contributed by atoms with Crippen molar-refractivity contribution >= 4 is 16.8 Å². The first-order chi connectivity index (χ1) is 7.34. The van der Waals surface area contributed by atoms with Gasteiger partial charge in [0, 0.05) is 5.56 Å². The Morgan fingerprint density at radius 2 is 2.07 bits per heavy atom. The summed E-state index contributed by atoms with van der Waals surface area (Å²) in [5, 5.41) is 11.5. The average molecular weight is 198 g/mol. The summed E-state index contributed by atoms with van der Waals surface area (Å²) in [6.45, 7) is 0.636. The molecular formula is C13H10O2. The highest BCUT2D eigenvalue weighted by Gasteiger charge is 2.09. The van der Waals surface area contributed by atoms with E-state index in [0.717, 1.165) is 22.1 Å². The van der Waals surface area contributed by atoms with Gasteiger partial charge in [0.2, 0.25) is 0 Å². The van der Waals surface area contributed by atoms with Gasteiger partial charge in [0.1, 0.15) is 18.1 Å². The number of phenolic OH excluding ortho intramolecular Hbond substituents is 1. The van der Waals surface area contributed by atoms with Gasteiger partial charge >= 0.3 is 0 Å². The van der Waals surface area contributed by atoms with Crippen molar-refractivity contribution in [1.29, 1.82) is 0 Å². The van der Waals surface area contributed by atoms with Gasteiger partial charge in [-0.3, -0.25) is 0 Å². The lowest BCUT2D eigenvalue weighted by molar-refractivity contribution is 0.359. The molecule has 1 N–H and O–H groups in total.